The van der Waals surface area contributed by atoms with Crippen molar-refractivity contribution in [3.8, 4) is 0 Å². The lowest BCUT2D eigenvalue weighted by molar-refractivity contribution is 0.0636. The Kier molecular flexibility index (Phi) is 9.58. The van der Waals surface area contributed by atoms with Crippen molar-refractivity contribution in [2.24, 2.45) is 0 Å². The first-order valence-electron chi connectivity index (χ1n) is 7.17. The van der Waals surface area contributed by atoms with E-state index in [0.717, 1.165) is 44.6 Å². The Labute approximate surface area is 139 Å². The first-order chi connectivity index (χ1) is 9.22. The van der Waals surface area contributed by atoms with Crippen LogP contribution in [0.2, 0.25) is 0 Å². The first kappa shape index (κ1) is 20.2. The van der Waals surface area contributed by atoms with Crippen molar-refractivity contribution < 1.29 is 4.79 Å². The minimum Gasteiger partial charge on any atom is -0.334 e. The van der Waals surface area contributed by atoms with Gasteiger partial charge in [0.25, 0.3) is 5.91 Å². The van der Waals surface area contributed by atoms with Gasteiger partial charge in [0.2, 0.25) is 0 Å². The lowest BCUT2D eigenvalue weighted by Gasteiger charge is -2.34. The second-order valence-corrected chi connectivity index (χ2v) is 5.14. The van der Waals surface area contributed by atoms with Crippen LogP contribution in [0.5, 0.6) is 0 Å². The average molecular weight is 334 g/mol. The zero-order chi connectivity index (χ0) is 13.7. The number of carbonyl (C=O) groups is 1. The molecular weight excluding hydrogens is 309 g/mol. The normalized spacial score (nSPS) is 14.8. The maximum absolute atomic E-state index is 12.6. The average Bonchev–Trinajstić information content (AvgIpc) is 2.45. The molecule has 1 N–H and O–H groups in total. The van der Waals surface area contributed by atoms with Crippen LogP contribution in [0.4, 0.5) is 0 Å². The van der Waals surface area contributed by atoms with Crippen LogP contribution in [0.3, 0.4) is 0 Å². The molecule has 0 bridgehead atoms. The van der Waals surface area contributed by atoms with Crippen molar-refractivity contribution in [3.05, 3.63) is 29.6 Å². The third-order valence-electron chi connectivity index (χ3n) is 3.58. The Balaban J connectivity index is 0.00000200. The number of amides is 1. The maximum atomic E-state index is 12.6. The second kappa shape index (κ2) is 9.98. The summed E-state index contributed by atoms with van der Waals surface area (Å²) in [4.78, 5) is 19.0. The standard InChI is InChI=1S/C15H23N3O.2ClH/c1-3-11-18(13-7-9-16-10-8-13)15(19)14-6-4-5-12(2)17-14;;/h4-6,13,16H,3,7-11H2,1-2H3;2*1H. The van der Waals surface area contributed by atoms with E-state index in [-0.39, 0.29) is 30.7 Å². The van der Waals surface area contributed by atoms with Gasteiger partial charge in [-0.25, -0.2) is 4.98 Å². The summed E-state index contributed by atoms with van der Waals surface area (Å²) in [5, 5.41) is 3.35. The van der Waals surface area contributed by atoms with Crippen LogP contribution in [0.15, 0.2) is 18.2 Å². The van der Waals surface area contributed by atoms with Crippen LogP contribution >= 0.6 is 24.8 Å². The van der Waals surface area contributed by atoms with Crippen molar-refractivity contribution in [1.82, 2.24) is 15.2 Å². The highest BCUT2D eigenvalue weighted by atomic mass is 35.5. The highest BCUT2D eigenvalue weighted by Crippen LogP contribution is 2.15. The lowest BCUT2D eigenvalue weighted by atomic mass is 10.0. The zero-order valence-electron chi connectivity index (χ0n) is 12.7. The van der Waals surface area contributed by atoms with Crippen molar-refractivity contribution in [3.63, 3.8) is 0 Å². The van der Waals surface area contributed by atoms with E-state index in [1.807, 2.05) is 30.0 Å². The second-order valence-electron chi connectivity index (χ2n) is 5.14. The number of hydrogen-bond acceptors (Lipinski definition) is 3. The molecule has 0 saturated carbocycles. The number of pyridine rings is 1. The highest BCUT2D eigenvalue weighted by Gasteiger charge is 2.26. The van der Waals surface area contributed by atoms with Crippen molar-refractivity contribution in [2.45, 2.75) is 39.2 Å². The van der Waals surface area contributed by atoms with E-state index in [9.17, 15) is 4.79 Å². The zero-order valence-corrected chi connectivity index (χ0v) is 14.3. The predicted octanol–water partition coefficient (Wildman–Crippen LogP) is 2.84. The van der Waals surface area contributed by atoms with Gasteiger partial charge in [0, 0.05) is 18.3 Å². The first-order valence-corrected chi connectivity index (χ1v) is 7.17. The smallest absolute Gasteiger partial charge is 0.272 e. The van der Waals surface area contributed by atoms with E-state index < -0.39 is 0 Å². The molecule has 1 fully saturated rings. The number of hydrogen-bond donors (Lipinski definition) is 1. The quantitative estimate of drug-likeness (QED) is 0.921. The van der Waals surface area contributed by atoms with Crippen LogP contribution in [-0.4, -0.2) is 41.5 Å². The fourth-order valence-corrected chi connectivity index (χ4v) is 2.62. The van der Waals surface area contributed by atoms with Gasteiger partial charge in [0.15, 0.2) is 0 Å². The molecule has 4 nitrogen and oxygen atoms in total. The van der Waals surface area contributed by atoms with Crippen molar-refractivity contribution >= 4 is 30.7 Å². The minimum absolute atomic E-state index is 0. The summed E-state index contributed by atoms with van der Waals surface area (Å²) >= 11 is 0. The molecule has 2 rings (SSSR count). The van der Waals surface area contributed by atoms with E-state index in [2.05, 4.69) is 17.2 Å². The SMILES string of the molecule is CCCN(C(=O)c1cccc(C)n1)C1CCNCC1.Cl.Cl. The number of aryl methyl sites for hydroxylation is 1. The number of carbonyl (C=O) groups excluding carboxylic acids is 1. The fourth-order valence-electron chi connectivity index (χ4n) is 2.62. The third kappa shape index (κ3) is 5.46. The van der Waals surface area contributed by atoms with Crippen molar-refractivity contribution in [1.29, 1.82) is 0 Å². The van der Waals surface area contributed by atoms with E-state index in [1.165, 1.54) is 0 Å². The summed E-state index contributed by atoms with van der Waals surface area (Å²) in [7, 11) is 0. The van der Waals surface area contributed by atoms with Gasteiger partial charge in [-0.2, -0.15) is 0 Å². The van der Waals surface area contributed by atoms with E-state index in [1.54, 1.807) is 0 Å². The molecule has 0 atom stereocenters. The largest absolute Gasteiger partial charge is 0.334 e. The van der Waals surface area contributed by atoms with Gasteiger partial charge >= 0.3 is 0 Å². The lowest BCUT2D eigenvalue weighted by Crippen LogP contribution is -2.46. The molecule has 21 heavy (non-hydrogen) atoms. The molecular formula is C15H25Cl2N3O. The predicted molar refractivity (Wildman–Crippen MR) is 90.7 cm³/mol. The fraction of sp³-hybridized carbons (Fsp3) is 0.600. The molecule has 1 aromatic heterocycles. The Bertz CT molecular complexity index is 437. The molecule has 0 spiro atoms. The maximum Gasteiger partial charge on any atom is 0.272 e. The number of aromatic nitrogens is 1. The molecule has 1 aliphatic heterocycles. The van der Waals surface area contributed by atoms with Gasteiger partial charge in [-0.1, -0.05) is 13.0 Å². The van der Waals surface area contributed by atoms with Gasteiger partial charge in [0.05, 0.1) is 0 Å². The number of nitrogens with one attached hydrogen (secondary N) is 1. The summed E-state index contributed by atoms with van der Waals surface area (Å²) in [6.07, 6.45) is 3.07. The summed E-state index contributed by atoms with van der Waals surface area (Å²) < 4.78 is 0. The van der Waals surface area contributed by atoms with Gasteiger partial charge < -0.3 is 10.2 Å². The molecule has 1 aliphatic rings. The topological polar surface area (TPSA) is 45.2 Å². The minimum atomic E-state index is 0. The highest BCUT2D eigenvalue weighted by molar-refractivity contribution is 5.92. The summed E-state index contributed by atoms with van der Waals surface area (Å²) in [5.74, 6) is 0.0810. The summed E-state index contributed by atoms with van der Waals surface area (Å²) in [6.45, 7) is 6.86. The molecule has 120 valence electrons. The van der Waals surface area contributed by atoms with Crippen LogP contribution in [0.25, 0.3) is 0 Å². The molecule has 1 aromatic rings. The van der Waals surface area contributed by atoms with Gasteiger partial charge in [0.1, 0.15) is 5.69 Å². The molecule has 0 radical (unpaired) electrons. The molecule has 6 heteroatoms. The Hall–Kier alpha value is -0.840. The molecule has 0 aliphatic carbocycles. The van der Waals surface area contributed by atoms with E-state index in [0.29, 0.717) is 11.7 Å². The van der Waals surface area contributed by atoms with Crippen molar-refractivity contribution in [2.75, 3.05) is 19.6 Å². The third-order valence-corrected chi connectivity index (χ3v) is 3.58. The van der Waals surface area contributed by atoms with E-state index >= 15 is 0 Å². The van der Waals surface area contributed by atoms with Crippen LogP contribution in [0, 0.1) is 6.92 Å². The van der Waals surface area contributed by atoms with Gasteiger partial charge in [-0.15, -0.1) is 24.8 Å². The van der Waals surface area contributed by atoms with Crippen LogP contribution in [-0.2, 0) is 0 Å². The molecule has 1 amide bonds. The monoisotopic (exact) mass is 333 g/mol. The summed E-state index contributed by atoms with van der Waals surface area (Å²) in [6, 6.07) is 6.00. The molecule has 0 unspecified atom stereocenters. The Morgan fingerprint density at radius 3 is 2.57 bits per heavy atom. The Morgan fingerprint density at radius 2 is 2.00 bits per heavy atom. The van der Waals surface area contributed by atoms with Crippen LogP contribution < -0.4 is 5.32 Å². The van der Waals surface area contributed by atoms with Gasteiger partial charge in [-0.3, -0.25) is 4.79 Å². The number of halogens is 2. The van der Waals surface area contributed by atoms with E-state index in [4.69, 9.17) is 0 Å². The molecule has 0 aromatic carbocycles. The number of nitrogens with zero attached hydrogens (tertiary/aromatic N) is 2. The Morgan fingerprint density at radius 1 is 1.33 bits per heavy atom. The van der Waals surface area contributed by atoms with Gasteiger partial charge in [-0.05, 0) is 51.4 Å². The molecule has 1 saturated heterocycles. The summed E-state index contributed by atoms with van der Waals surface area (Å²) in [5.41, 5.74) is 1.47. The van der Waals surface area contributed by atoms with Crippen LogP contribution in [0.1, 0.15) is 42.4 Å². The molecule has 2 heterocycles. The number of rotatable bonds is 4. The number of piperidine rings is 1.